The van der Waals surface area contributed by atoms with E-state index in [1.807, 2.05) is 6.92 Å². The molecule has 29 heavy (non-hydrogen) atoms. The predicted molar refractivity (Wildman–Crippen MR) is 98.9 cm³/mol. The van der Waals surface area contributed by atoms with Crippen LogP contribution in [0.5, 0.6) is 0 Å². The molecule has 1 aromatic carbocycles. The van der Waals surface area contributed by atoms with E-state index in [0.29, 0.717) is 11.1 Å². The minimum atomic E-state index is -4.69. The number of likely N-dealkylation sites (tertiary alicyclic amines) is 1. The lowest BCUT2D eigenvalue weighted by molar-refractivity contribution is -0.159. The number of halogens is 3. The molecule has 2 aliphatic rings. The number of amides is 1. The summed E-state index contributed by atoms with van der Waals surface area (Å²) in [7, 11) is 0. The van der Waals surface area contributed by atoms with Crippen molar-refractivity contribution in [1.82, 2.24) is 20.4 Å². The zero-order valence-electron chi connectivity index (χ0n) is 16.1. The summed E-state index contributed by atoms with van der Waals surface area (Å²) in [5.41, 5.74) is 0.775. The van der Waals surface area contributed by atoms with Crippen molar-refractivity contribution < 1.29 is 22.5 Å². The van der Waals surface area contributed by atoms with Crippen LogP contribution < -0.4 is 5.32 Å². The molecule has 9 heteroatoms. The summed E-state index contributed by atoms with van der Waals surface area (Å²) in [6.07, 6.45) is -0.707. The minimum Gasteiger partial charge on any atom is -0.348 e. The lowest BCUT2D eigenvalue weighted by Crippen LogP contribution is -2.46. The second-order valence-corrected chi connectivity index (χ2v) is 8.14. The molecule has 1 N–H and O–H groups in total. The van der Waals surface area contributed by atoms with Gasteiger partial charge in [-0.15, -0.1) is 0 Å². The Kier molecular flexibility index (Phi) is 5.33. The van der Waals surface area contributed by atoms with Crippen molar-refractivity contribution in [2.24, 2.45) is 11.8 Å². The number of nitrogens with zero attached hydrogens (tertiary/aromatic N) is 3. The number of fused-ring (bicyclic) bond motifs is 2. The number of hydrogen-bond donors (Lipinski definition) is 1. The van der Waals surface area contributed by atoms with Gasteiger partial charge in [-0.1, -0.05) is 17.3 Å². The number of carbonyl (C=O) groups excluding carboxylic acids is 1. The van der Waals surface area contributed by atoms with Gasteiger partial charge in [0.2, 0.25) is 5.82 Å². The summed E-state index contributed by atoms with van der Waals surface area (Å²) in [5, 5.41) is 6.34. The molecule has 3 unspecified atom stereocenters. The molecule has 3 atom stereocenters. The highest BCUT2D eigenvalue weighted by atomic mass is 19.4. The minimum absolute atomic E-state index is 0.00577. The Morgan fingerprint density at radius 1 is 1.24 bits per heavy atom. The summed E-state index contributed by atoms with van der Waals surface area (Å²) < 4.78 is 41.9. The third-order valence-corrected chi connectivity index (χ3v) is 5.67. The third kappa shape index (κ3) is 4.60. The molecular weight excluding hydrogens is 385 g/mol. The van der Waals surface area contributed by atoms with Crippen molar-refractivity contribution in [3.63, 3.8) is 0 Å². The molecule has 4 rings (SSSR count). The van der Waals surface area contributed by atoms with Gasteiger partial charge >= 0.3 is 12.1 Å². The van der Waals surface area contributed by atoms with Crippen LogP contribution in [-0.4, -0.2) is 46.6 Å². The van der Waals surface area contributed by atoms with Crippen LogP contribution in [0.3, 0.4) is 0 Å². The fourth-order valence-corrected chi connectivity index (χ4v) is 4.43. The first kappa shape index (κ1) is 19.9. The largest absolute Gasteiger partial charge is 0.471 e. The van der Waals surface area contributed by atoms with Crippen LogP contribution in [0.1, 0.15) is 42.4 Å². The van der Waals surface area contributed by atoms with Gasteiger partial charge in [0, 0.05) is 36.8 Å². The van der Waals surface area contributed by atoms with Gasteiger partial charge in [0.25, 0.3) is 5.91 Å². The topological polar surface area (TPSA) is 71.3 Å². The van der Waals surface area contributed by atoms with Gasteiger partial charge in [0.1, 0.15) is 0 Å². The molecule has 1 saturated carbocycles. The van der Waals surface area contributed by atoms with Crippen molar-refractivity contribution in [3.8, 4) is 11.4 Å². The number of alkyl halides is 3. The maximum absolute atomic E-state index is 12.6. The number of piperidine rings is 1. The van der Waals surface area contributed by atoms with Crippen LogP contribution in [0.2, 0.25) is 0 Å². The molecule has 2 heterocycles. The van der Waals surface area contributed by atoms with E-state index in [9.17, 15) is 18.0 Å². The Morgan fingerprint density at radius 3 is 2.48 bits per heavy atom. The molecule has 156 valence electrons. The first-order chi connectivity index (χ1) is 13.8. The lowest BCUT2D eigenvalue weighted by atomic mass is 9.98. The molecule has 2 aromatic rings. The van der Waals surface area contributed by atoms with Crippen LogP contribution in [0, 0.1) is 11.8 Å². The number of aromatic nitrogens is 2. The number of hydrogen-bond acceptors (Lipinski definition) is 5. The maximum atomic E-state index is 12.6. The number of nitrogens with one attached hydrogen (secondary N) is 1. The van der Waals surface area contributed by atoms with Gasteiger partial charge in [0.05, 0.1) is 0 Å². The number of carbonyl (C=O) groups is 1. The van der Waals surface area contributed by atoms with E-state index in [1.165, 1.54) is 31.4 Å². The predicted octanol–water partition coefficient (Wildman–Crippen LogP) is 3.61. The van der Waals surface area contributed by atoms with Crippen molar-refractivity contribution >= 4 is 5.91 Å². The van der Waals surface area contributed by atoms with Gasteiger partial charge in [-0.3, -0.25) is 4.79 Å². The first-order valence-electron chi connectivity index (χ1n) is 9.82. The Morgan fingerprint density at radius 2 is 1.90 bits per heavy atom. The van der Waals surface area contributed by atoms with E-state index in [4.69, 9.17) is 0 Å². The normalized spacial score (nSPS) is 23.2. The van der Waals surface area contributed by atoms with E-state index < -0.39 is 12.1 Å². The average molecular weight is 408 g/mol. The fraction of sp³-hybridized carbons (Fsp3) is 0.550. The molecule has 2 bridgehead atoms. The molecule has 1 saturated heterocycles. The molecule has 1 aliphatic carbocycles. The van der Waals surface area contributed by atoms with Crippen molar-refractivity contribution in [2.45, 2.75) is 38.4 Å². The SMILES string of the molecule is CC(CN1CC2CCC(C2)C1)NC(=O)c1ccc(-c2noc(C(F)(F)F)n2)cc1. The van der Waals surface area contributed by atoms with Gasteiger partial charge < -0.3 is 14.7 Å². The van der Waals surface area contributed by atoms with Crippen LogP contribution >= 0.6 is 0 Å². The van der Waals surface area contributed by atoms with Gasteiger partial charge in [-0.2, -0.15) is 18.2 Å². The molecule has 1 aliphatic heterocycles. The van der Waals surface area contributed by atoms with Gasteiger partial charge in [-0.25, -0.2) is 0 Å². The van der Waals surface area contributed by atoms with Crippen molar-refractivity contribution in [1.29, 1.82) is 0 Å². The lowest BCUT2D eigenvalue weighted by Gasteiger charge is -2.33. The summed E-state index contributed by atoms with van der Waals surface area (Å²) in [6, 6.07) is 6.11. The second kappa shape index (κ2) is 7.78. The Hall–Kier alpha value is -2.42. The molecule has 0 spiro atoms. The number of benzene rings is 1. The standard InChI is InChI=1S/C20H23F3N4O2/c1-12(9-27-10-13-2-3-14(8-13)11-27)24-18(28)16-6-4-15(5-7-16)17-25-19(29-26-17)20(21,22)23/h4-7,12-14H,2-3,8-11H2,1H3,(H,24,28). The van der Waals surface area contributed by atoms with Crippen molar-refractivity contribution in [2.75, 3.05) is 19.6 Å². The highest BCUT2D eigenvalue weighted by Gasteiger charge is 2.38. The summed E-state index contributed by atoms with van der Waals surface area (Å²) >= 11 is 0. The van der Waals surface area contributed by atoms with E-state index in [-0.39, 0.29) is 17.8 Å². The zero-order chi connectivity index (χ0) is 20.6. The highest BCUT2D eigenvalue weighted by molar-refractivity contribution is 5.94. The number of rotatable bonds is 5. The van der Waals surface area contributed by atoms with Crippen LogP contribution in [-0.2, 0) is 6.18 Å². The smallest absolute Gasteiger partial charge is 0.348 e. The maximum Gasteiger partial charge on any atom is 0.471 e. The monoisotopic (exact) mass is 408 g/mol. The molecule has 0 radical (unpaired) electrons. The second-order valence-electron chi connectivity index (χ2n) is 8.14. The summed E-state index contributed by atoms with van der Waals surface area (Å²) in [5.74, 6) is -0.181. The van der Waals surface area contributed by atoms with Crippen LogP contribution in [0.25, 0.3) is 11.4 Å². The van der Waals surface area contributed by atoms with E-state index >= 15 is 0 Å². The fourth-order valence-electron chi connectivity index (χ4n) is 4.43. The third-order valence-electron chi connectivity index (χ3n) is 5.67. The van der Waals surface area contributed by atoms with Gasteiger partial charge in [-0.05, 0) is 50.2 Å². The Balaban J connectivity index is 1.33. The molecular formula is C20H23F3N4O2. The van der Waals surface area contributed by atoms with Crippen molar-refractivity contribution in [3.05, 3.63) is 35.7 Å². The highest BCUT2D eigenvalue weighted by Crippen LogP contribution is 2.36. The van der Waals surface area contributed by atoms with E-state index in [0.717, 1.165) is 31.5 Å². The molecule has 2 fully saturated rings. The summed E-state index contributed by atoms with van der Waals surface area (Å²) in [4.78, 5) is 18.3. The quantitative estimate of drug-likeness (QED) is 0.819. The van der Waals surface area contributed by atoms with Gasteiger partial charge in [0.15, 0.2) is 0 Å². The first-order valence-corrected chi connectivity index (χ1v) is 9.82. The average Bonchev–Trinajstić information content (AvgIpc) is 3.28. The molecule has 1 amide bonds. The van der Waals surface area contributed by atoms with Crippen LogP contribution in [0.15, 0.2) is 28.8 Å². The Bertz CT molecular complexity index is 853. The van der Waals surface area contributed by atoms with E-state index in [1.54, 1.807) is 12.1 Å². The van der Waals surface area contributed by atoms with Crippen LogP contribution in [0.4, 0.5) is 13.2 Å². The van der Waals surface area contributed by atoms with E-state index in [2.05, 4.69) is 24.9 Å². The molecule has 1 aromatic heterocycles. The zero-order valence-corrected chi connectivity index (χ0v) is 16.1. The molecule has 6 nitrogen and oxygen atoms in total. The summed E-state index contributed by atoms with van der Waals surface area (Å²) in [6.45, 7) is 5.02. The Labute approximate surface area is 166 Å².